The van der Waals surface area contributed by atoms with E-state index in [0.717, 1.165) is 0 Å². The molecule has 11 heavy (non-hydrogen) atoms. The molecule has 0 saturated heterocycles. The molecule has 0 aliphatic carbocycles. The van der Waals surface area contributed by atoms with Crippen molar-refractivity contribution in [1.29, 1.82) is 0 Å². The molecule has 0 heterocycles. The molecule has 0 unspecified atom stereocenters. The van der Waals surface area contributed by atoms with Gasteiger partial charge in [0, 0.05) is 12.0 Å². The molecule has 1 N–H and O–H groups in total. The van der Waals surface area contributed by atoms with Crippen molar-refractivity contribution in [3.63, 3.8) is 0 Å². The lowest BCUT2D eigenvalue weighted by Gasteiger charge is -2.38. The van der Waals surface area contributed by atoms with Gasteiger partial charge in [0.05, 0.1) is 0 Å². The Labute approximate surface area is 68.6 Å². The first kappa shape index (κ1) is 10.6. The van der Waals surface area contributed by atoms with Crippen LogP contribution < -0.4 is 0 Å². The Balaban J connectivity index is 4.67. The molecule has 0 bridgehead atoms. The summed E-state index contributed by atoms with van der Waals surface area (Å²) in [5.41, 5.74) is -0.777. The fourth-order valence-electron chi connectivity index (χ4n) is 0.674. The van der Waals surface area contributed by atoms with E-state index < -0.39 is 5.41 Å². The molecule has 0 spiro atoms. The molecule has 0 rings (SSSR count). The minimum absolute atomic E-state index is 0.0413. The van der Waals surface area contributed by atoms with Gasteiger partial charge in [0.15, 0.2) is 0 Å². The molecule has 0 aromatic carbocycles. The maximum absolute atomic E-state index is 11.2. The van der Waals surface area contributed by atoms with Crippen molar-refractivity contribution >= 4 is 5.78 Å². The van der Waals surface area contributed by atoms with E-state index in [2.05, 4.69) is 0 Å². The van der Waals surface area contributed by atoms with Crippen molar-refractivity contribution < 1.29 is 9.90 Å². The predicted molar refractivity (Wildman–Crippen MR) is 45.3 cm³/mol. The van der Waals surface area contributed by atoms with Crippen molar-refractivity contribution in [3.05, 3.63) is 0 Å². The van der Waals surface area contributed by atoms with Gasteiger partial charge in [-0.05, 0) is 12.3 Å². The van der Waals surface area contributed by atoms with Gasteiger partial charge >= 0.3 is 0 Å². The minimum Gasteiger partial charge on any atom is -0.396 e. The summed E-state index contributed by atoms with van der Waals surface area (Å²) in [7, 11) is 0. The summed E-state index contributed by atoms with van der Waals surface area (Å²) in [5, 5.41) is 9.03. The van der Waals surface area contributed by atoms with E-state index in [1.54, 1.807) is 6.92 Å². The normalized spacial score (nSPS) is 13.3. The number of hydrogen-bond donors (Lipinski definition) is 1. The molecular weight excluding hydrogens is 140 g/mol. The lowest BCUT2D eigenvalue weighted by atomic mass is 9.66. The van der Waals surface area contributed by atoms with Gasteiger partial charge in [0.2, 0.25) is 0 Å². The molecule has 0 amide bonds. The van der Waals surface area contributed by atoms with Crippen LogP contribution >= 0.6 is 0 Å². The third-order valence-corrected chi connectivity index (χ3v) is 2.97. The predicted octanol–water partition coefficient (Wildman–Crippen LogP) is 1.62. The van der Waals surface area contributed by atoms with E-state index in [1.807, 2.05) is 27.7 Å². The van der Waals surface area contributed by atoms with E-state index in [9.17, 15) is 4.79 Å². The van der Waals surface area contributed by atoms with Crippen LogP contribution in [0.3, 0.4) is 0 Å². The van der Waals surface area contributed by atoms with Crippen molar-refractivity contribution in [2.45, 2.75) is 34.6 Å². The van der Waals surface area contributed by atoms with Gasteiger partial charge in [0.25, 0.3) is 0 Å². The first-order chi connectivity index (χ1) is 4.75. The Hall–Kier alpha value is -0.370. The Bertz CT molecular complexity index is 157. The summed E-state index contributed by atoms with van der Waals surface area (Å²) in [4.78, 5) is 11.2. The van der Waals surface area contributed by atoms with E-state index in [1.165, 1.54) is 0 Å². The zero-order chi connectivity index (χ0) is 9.28. The highest BCUT2D eigenvalue weighted by atomic mass is 16.3. The Morgan fingerprint density at radius 1 is 1.27 bits per heavy atom. The minimum atomic E-state index is -0.443. The summed E-state index contributed by atoms with van der Waals surface area (Å²) < 4.78 is 0. The number of rotatable bonds is 3. The van der Waals surface area contributed by atoms with Crippen molar-refractivity contribution in [2.24, 2.45) is 10.8 Å². The molecule has 2 nitrogen and oxygen atoms in total. The van der Waals surface area contributed by atoms with E-state index in [4.69, 9.17) is 5.11 Å². The Morgan fingerprint density at radius 2 is 1.64 bits per heavy atom. The van der Waals surface area contributed by atoms with Crippen molar-refractivity contribution in [3.8, 4) is 0 Å². The standard InChI is InChI=1S/C9H18O2/c1-7(11)9(4,5)8(2,3)6-10/h10H,6H2,1-5H3. The van der Waals surface area contributed by atoms with Gasteiger partial charge in [-0.1, -0.05) is 27.7 Å². The highest BCUT2D eigenvalue weighted by molar-refractivity contribution is 5.82. The number of hydrogen-bond acceptors (Lipinski definition) is 2. The maximum Gasteiger partial charge on any atom is 0.136 e. The van der Waals surface area contributed by atoms with Crippen molar-refractivity contribution in [2.75, 3.05) is 6.61 Å². The van der Waals surface area contributed by atoms with Crippen LogP contribution in [0.5, 0.6) is 0 Å². The maximum atomic E-state index is 11.2. The number of aliphatic hydroxyl groups excluding tert-OH is 1. The summed E-state index contributed by atoms with van der Waals surface area (Å²) in [6.45, 7) is 9.14. The van der Waals surface area contributed by atoms with Crippen molar-refractivity contribution in [1.82, 2.24) is 0 Å². The molecule has 2 heteroatoms. The molecule has 0 atom stereocenters. The van der Waals surface area contributed by atoms with Gasteiger partial charge in [-0.3, -0.25) is 4.79 Å². The average molecular weight is 158 g/mol. The van der Waals surface area contributed by atoms with Crippen LogP contribution in [0.1, 0.15) is 34.6 Å². The second-order valence-corrected chi connectivity index (χ2v) is 4.22. The van der Waals surface area contributed by atoms with Gasteiger partial charge in [-0.25, -0.2) is 0 Å². The summed E-state index contributed by atoms with van der Waals surface area (Å²) in [6.07, 6.45) is 0. The topological polar surface area (TPSA) is 37.3 Å². The number of Topliss-reactive ketones (excluding diaryl/α,β-unsaturated/α-hetero) is 1. The van der Waals surface area contributed by atoms with Crippen LogP contribution in [0.25, 0.3) is 0 Å². The Kier molecular flexibility index (Phi) is 2.84. The molecule has 0 radical (unpaired) electrons. The first-order valence-corrected chi connectivity index (χ1v) is 3.87. The Morgan fingerprint density at radius 3 is 1.73 bits per heavy atom. The molecule has 66 valence electrons. The van der Waals surface area contributed by atoms with E-state index in [0.29, 0.717) is 0 Å². The highest BCUT2D eigenvalue weighted by Crippen LogP contribution is 2.38. The molecule has 0 aromatic rings. The number of carbonyl (C=O) groups excluding carboxylic acids is 1. The van der Waals surface area contributed by atoms with Crippen LogP contribution in [0.15, 0.2) is 0 Å². The third-order valence-electron chi connectivity index (χ3n) is 2.97. The molecule has 0 saturated carbocycles. The zero-order valence-electron chi connectivity index (χ0n) is 8.06. The molecule has 0 aliphatic heterocycles. The highest BCUT2D eigenvalue weighted by Gasteiger charge is 2.40. The first-order valence-electron chi connectivity index (χ1n) is 3.87. The van der Waals surface area contributed by atoms with E-state index in [-0.39, 0.29) is 17.8 Å². The molecule has 0 fully saturated rings. The monoisotopic (exact) mass is 158 g/mol. The van der Waals surface area contributed by atoms with Crippen LogP contribution in [0.4, 0.5) is 0 Å². The lowest BCUT2D eigenvalue weighted by Crippen LogP contribution is -2.40. The number of ketones is 1. The molecular formula is C9H18O2. The van der Waals surface area contributed by atoms with Gasteiger partial charge in [0.1, 0.15) is 5.78 Å². The van der Waals surface area contributed by atoms with Crippen LogP contribution in [-0.4, -0.2) is 17.5 Å². The lowest BCUT2D eigenvalue weighted by molar-refractivity contribution is -0.132. The van der Waals surface area contributed by atoms with E-state index >= 15 is 0 Å². The average Bonchev–Trinajstić information content (AvgIpc) is 1.87. The SMILES string of the molecule is CC(=O)C(C)(C)C(C)(C)CO. The van der Waals surface area contributed by atoms with Crippen LogP contribution in [-0.2, 0) is 4.79 Å². The smallest absolute Gasteiger partial charge is 0.136 e. The summed E-state index contributed by atoms with van der Waals surface area (Å²) >= 11 is 0. The second-order valence-electron chi connectivity index (χ2n) is 4.22. The largest absolute Gasteiger partial charge is 0.396 e. The summed E-state index contributed by atoms with van der Waals surface area (Å²) in [6, 6.07) is 0. The zero-order valence-corrected chi connectivity index (χ0v) is 8.06. The molecule has 0 aliphatic rings. The van der Waals surface area contributed by atoms with Crippen LogP contribution in [0, 0.1) is 10.8 Å². The quantitative estimate of drug-likeness (QED) is 0.677. The number of aliphatic hydroxyl groups is 1. The summed E-state index contributed by atoms with van der Waals surface area (Å²) in [5.74, 6) is 0.122. The third kappa shape index (κ3) is 1.80. The number of carbonyl (C=O) groups is 1. The molecule has 0 aromatic heterocycles. The van der Waals surface area contributed by atoms with Gasteiger partial charge in [-0.15, -0.1) is 0 Å². The second kappa shape index (κ2) is 2.94. The van der Waals surface area contributed by atoms with Gasteiger partial charge in [-0.2, -0.15) is 0 Å². The fourth-order valence-corrected chi connectivity index (χ4v) is 0.674. The van der Waals surface area contributed by atoms with Crippen LogP contribution in [0.2, 0.25) is 0 Å². The fraction of sp³-hybridized carbons (Fsp3) is 0.889. The van der Waals surface area contributed by atoms with Gasteiger partial charge < -0.3 is 5.11 Å².